The Balaban J connectivity index is 0.000000875. The van der Waals surface area contributed by atoms with Crippen molar-refractivity contribution in [1.82, 2.24) is 34.6 Å². The minimum Gasteiger partial charge on any atom is -0.462 e. The Hall–Kier alpha value is -3.30. The Labute approximate surface area is 814 Å². The molecule has 4 N–H and O–H groups in total. The summed E-state index contributed by atoms with van der Waals surface area (Å²) in [5, 5.41) is 0.0498. The van der Waals surface area contributed by atoms with Gasteiger partial charge in [-0.1, -0.05) is 11.6 Å². The minimum atomic E-state index is -4.81. The predicted octanol–water partition coefficient (Wildman–Crippen LogP) is -9.37. The smallest absolute Gasteiger partial charge is 0.429 e. The van der Waals surface area contributed by atoms with Crippen LogP contribution in [-0.4, -0.2) is 477 Å². The summed E-state index contributed by atoms with van der Waals surface area (Å²) in [6.07, 6.45) is -36.7. The molecule has 0 atom stereocenters. The maximum absolute atomic E-state index is 13.3. The molecule has 0 saturated heterocycles. The molecule has 128 heavy (non-hydrogen) atoms. The number of fused-ring (bicyclic) bond motifs is 2. The lowest BCUT2D eigenvalue weighted by molar-refractivity contribution is -0.138. The van der Waals surface area contributed by atoms with E-state index in [0.717, 1.165) is 17.1 Å². The van der Waals surface area contributed by atoms with Gasteiger partial charge in [-0.05, 0) is 108 Å². The number of alkyl halides is 9. The Morgan fingerprint density at radius 3 is 1.13 bits per heavy atom. The van der Waals surface area contributed by atoms with Crippen LogP contribution < -0.4 is 32.6 Å². The van der Waals surface area contributed by atoms with Crippen molar-refractivity contribution < 1.29 is 82.4 Å². The van der Waals surface area contributed by atoms with Crippen LogP contribution in [0.15, 0.2) is 84.0 Å². The number of Topliss-reactive ketones (excluding diaryl/α,β-unsaturated/α-hetero) is 1. The number of amides is 1. The fourth-order valence-electron chi connectivity index (χ4n) is 13.7. The maximum Gasteiger partial charge on any atom is 0.429 e. The third-order valence-electron chi connectivity index (χ3n) is 18.5. The number of halogens is 13. The number of nitrogens with zero attached hydrogens (tertiary/aromatic N) is 7. The predicted molar refractivity (Wildman–Crippen MR) is 559 cm³/mol. The fourth-order valence-corrected chi connectivity index (χ4v) is 14.9. The molecule has 0 unspecified atom stereocenters. The monoisotopic (exact) mass is 1890 g/mol. The summed E-state index contributed by atoms with van der Waals surface area (Å²) in [7, 11) is 163. The highest BCUT2D eigenvalue weighted by molar-refractivity contribution is 9.11. The van der Waals surface area contributed by atoms with Crippen molar-refractivity contribution in [2.45, 2.75) is 65.7 Å². The van der Waals surface area contributed by atoms with Gasteiger partial charge >= 0.3 is 42.5 Å². The van der Waals surface area contributed by atoms with E-state index in [2.05, 4.69) is 74.0 Å². The first kappa shape index (κ1) is 123. The largest absolute Gasteiger partial charge is 0.462 e. The number of hydrogen-bond acceptors (Lipinski definition) is 18. The molecule has 5 rings (SSSR count). The maximum atomic E-state index is 13.3. The van der Waals surface area contributed by atoms with Crippen molar-refractivity contribution in [2.75, 3.05) is 64.0 Å². The van der Waals surface area contributed by atoms with Crippen LogP contribution in [0, 0.1) is 0 Å². The summed E-state index contributed by atoms with van der Waals surface area (Å²) >= 11 is 15.4. The summed E-state index contributed by atoms with van der Waals surface area (Å²) in [6.45, 7) is 5.10. The zero-order chi connectivity index (χ0) is 99.5. The molecule has 0 aliphatic heterocycles. The van der Waals surface area contributed by atoms with E-state index in [1.807, 2.05) is 0 Å². The van der Waals surface area contributed by atoms with E-state index in [1.165, 1.54) is 76.1 Å². The number of aromatic nitrogens is 5. The van der Waals surface area contributed by atoms with Gasteiger partial charge in [0.2, 0.25) is 16.6 Å². The second kappa shape index (κ2) is 55.8. The molecule has 0 aliphatic carbocycles. The van der Waals surface area contributed by atoms with Crippen LogP contribution in [-0.2, 0) is 23.7 Å². The van der Waals surface area contributed by atoms with Gasteiger partial charge in [-0.2, -0.15) is 39.5 Å². The van der Waals surface area contributed by atoms with E-state index in [0.29, 0.717) is 18.1 Å². The third kappa shape index (κ3) is 38.7. The van der Waals surface area contributed by atoms with Gasteiger partial charge in [0.1, 0.15) is 47.1 Å². The van der Waals surface area contributed by atoms with E-state index in [9.17, 15) is 73.1 Å². The van der Waals surface area contributed by atoms with Gasteiger partial charge in [-0.25, -0.2) is 48.5 Å². The lowest BCUT2D eigenvalue weighted by Gasteiger charge is -2.56. The molecular weight excluding hydrogens is 1830 g/mol. The van der Waals surface area contributed by atoms with E-state index in [1.54, 1.807) is 32.8 Å². The minimum absolute atomic E-state index is 0.0143. The van der Waals surface area contributed by atoms with E-state index in [-0.39, 0.29) is 68.7 Å². The molecule has 584 valence electrons. The quantitative estimate of drug-likeness (QED) is 0.00288. The highest BCUT2D eigenvalue weighted by atomic mass is 79.9. The van der Waals surface area contributed by atoms with Crippen molar-refractivity contribution in [3.05, 3.63) is 117 Å². The zero-order valence-corrected chi connectivity index (χ0v) is 76.3. The number of nitrogens with one attached hydrogen (secondary N) is 2. The Morgan fingerprint density at radius 1 is 0.477 bits per heavy atom. The number of hydrogen-bond donors (Lipinski definition) is 3. The molecule has 1 amide bonds. The van der Waals surface area contributed by atoms with E-state index >= 15 is 0 Å². The summed E-state index contributed by atoms with van der Waals surface area (Å²) in [5.41, 5.74) is -0.207. The van der Waals surface area contributed by atoms with Crippen LogP contribution >= 0.6 is 59.4 Å². The number of hydrazine groups is 1. The summed E-state index contributed by atoms with van der Waals surface area (Å²) < 4.78 is 132. The fraction of sp³-hybridized carbons (Fsp3) is 0.391. The van der Waals surface area contributed by atoms with Gasteiger partial charge in [0.05, 0.1) is 36.2 Å². The molecule has 82 heteroatoms. The molecule has 0 saturated carbocycles. The molecule has 5 aromatic rings. The molecular formula is C46H49B48Br3ClF9N10O11. The number of ether oxygens (including phenoxy) is 4. The number of ketones is 1. The average Bonchev–Trinajstić information content (AvgIpc) is 0.746. The van der Waals surface area contributed by atoms with Crippen LogP contribution in [0.2, 0.25) is 5.15 Å². The van der Waals surface area contributed by atoms with E-state index < -0.39 is 237 Å². The van der Waals surface area contributed by atoms with Gasteiger partial charge in [0.15, 0.2) is 11.3 Å². The van der Waals surface area contributed by atoms with Crippen LogP contribution in [0.3, 0.4) is 0 Å². The van der Waals surface area contributed by atoms with Crippen molar-refractivity contribution >= 4 is 452 Å². The number of carbonyl (C=O) groups is 5. The molecule has 21 nitrogen and oxygen atoms in total. The number of esters is 3. The molecule has 0 fully saturated rings. The van der Waals surface area contributed by atoms with Crippen molar-refractivity contribution in [1.29, 1.82) is 0 Å². The van der Waals surface area contributed by atoms with Crippen molar-refractivity contribution in [3.63, 3.8) is 0 Å². The van der Waals surface area contributed by atoms with Gasteiger partial charge in [-0.3, -0.25) is 25.7 Å². The van der Waals surface area contributed by atoms with Crippen molar-refractivity contribution in [3.8, 4) is 0 Å². The lowest BCUT2D eigenvalue weighted by atomic mass is 8.25. The van der Waals surface area contributed by atoms with Gasteiger partial charge in [-0.15, -0.1) is 0 Å². The van der Waals surface area contributed by atoms with Gasteiger partial charge in [0.25, 0.3) is 0 Å². The van der Waals surface area contributed by atoms with Crippen molar-refractivity contribution in [2.24, 2.45) is 5.84 Å². The molecule has 5 heterocycles. The molecule has 0 aliphatic rings. The molecule has 0 aromatic carbocycles. The number of nitrogens with two attached hydrogens (primary N) is 1. The molecule has 50 radical (unpaired) electrons. The average molecular weight is 1880 g/mol. The van der Waals surface area contributed by atoms with Crippen LogP contribution in [0.5, 0.6) is 0 Å². The lowest BCUT2D eigenvalue weighted by Crippen LogP contribution is -2.94. The van der Waals surface area contributed by atoms with Gasteiger partial charge in [0, 0.05) is 405 Å². The SMILES string of the molecule is CCOC(=O)/C(=C\N(C)C)C(=O)c1cc(Br)cnc1Cl.CCOC(=O)c1cn(N(CC(F)(F)F)C(=O)OC(C)(C)C)c2ncc(Br)cc2c1=O.CCOC(=O)c1cn(NCC(F)(F)F)c2ncc(Br)cc2c1=O.NNCC(F)(F)F.[B]B([B])B([B])B(B([B])[B])B(B(B([B])[B])B([B])[B])B(B(B(B([B])[B])B([B])[B])B(B([B])[B])B([B])[B])B(B(B([B])[B])B([B])[B])B(B([B])[B])B([B])[B]. The zero-order valence-electron chi connectivity index (χ0n) is 70.8. The second-order valence-electron chi connectivity index (χ2n) is 29.9. The van der Waals surface area contributed by atoms with Crippen LogP contribution in [0.4, 0.5) is 44.3 Å². The topological polar surface area (TPSA) is 262 Å². The first-order valence-electron chi connectivity index (χ1n) is 38.1. The summed E-state index contributed by atoms with van der Waals surface area (Å²) in [4.78, 5) is 99.3. The standard InChI is InChI=1S/C18H19BrF3N3O5.C13H14BrClN2O3.C13H11BrF3N3O3.C2H5F3N2.B48/c1-5-29-15(27)12-8-24(14-11(13(12)26)6-10(19)7-23-14)25(9-18(20,21)22)16(28)30-17(2,3)4;1-4-20-13(19)10(7-17(2)3)11(18)9-5-8(14)6-16-12(9)15;1-2-23-12(22)9-5-20(19-6-13(15,16)17)11-8(10(9)21)3-7(14)4-18-11;3-2(4,5)1-7-6;1-26(2)38(25)44(37(23)24)47(43(35(19)20)36(21)22)48(45(39(27(3)4)28(5)6)40(29(7)8)30(9)10)46(41(31(11)12)32(13)14)42(33(15)16)34(17)18/h6-8H,5,9H2,1-4H3;5-7H,4H2,1-3H3;3-5,19H,2,6H2,1H3;7H,1,6H2;/b;10-7-;;;. The number of pyridine rings is 5. The second-order valence-corrected chi connectivity index (χ2v) is 33.0. The van der Waals surface area contributed by atoms with Gasteiger partial charge < -0.3 is 29.3 Å². The first-order valence-corrected chi connectivity index (χ1v) is 40.9. The normalized spacial score (nSPS) is 10.9. The molecule has 0 spiro atoms. The Morgan fingerprint density at radius 2 is 0.812 bits per heavy atom. The van der Waals surface area contributed by atoms with E-state index in [4.69, 9.17) is 224 Å². The van der Waals surface area contributed by atoms with Crippen LogP contribution in [0.1, 0.15) is 72.6 Å². The summed E-state index contributed by atoms with van der Waals surface area (Å²) in [6, 6.07) is 4.17. The number of carbonyl (C=O) groups excluding carboxylic acids is 5. The molecule has 0 bridgehead atoms. The number of rotatable bonds is 36. The first-order chi connectivity index (χ1) is 58.6. The Bertz CT molecular complexity index is 4440. The third-order valence-corrected chi connectivity index (χ3v) is 20.1. The van der Waals surface area contributed by atoms with Crippen LogP contribution in [0.25, 0.3) is 22.1 Å². The highest BCUT2D eigenvalue weighted by Gasteiger charge is 2.60. The highest BCUT2D eigenvalue weighted by Crippen LogP contribution is 2.27. The molecule has 5 aromatic heterocycles. The summed E-state index contributed by atoms with van der Waals surface area (Å²) in [5.74, 6) is 1.16. The Kier molecular flexibility index (Phi) is 53.5.